The first-order valence-corrected chi connectivity index (χ1v) is 13.8. The summed E-state index contributed by atoms with van der Waals surface area (Å²) in [7, 11) is 0. The zero-order valence-corrected chi connectivity index (χ0v) is 22.9. The van der Waals surface area contributed by atoms with Crippen LogP contribution in [0, 0.1) is 13.8 Å². The number of benzene rings is 2. The quantitative estimate of drug-likeness (QED) is 0.248. The van der Waals surface area contributed by atoms with Crippen LogP contribution in [0.2, 0.25) is 5.02 Å². The Morgan fingerprint density at radius 2 is 1.92 bits per heavy atom. The average Bonchev–Trinajstić information content (AvgIpc) is 3.70. The minimum absolute atomic E-state index is 0.163. The predicted octanol–water partition coefficient (Wildman–Crippen LogP) is 6.28. The van der Waals surface area contributed by atoms with Crippen molar-refractivity contribution in [2.75, 3.05) is 0 Å². The van der Waals surface area contributed by atoms with Crippen molar-refractivity contribution in [2.45, 2.75) is 64.7 Å². The molecule has 1 N–H and O–H groups in total. The summed E-state index contributed by atoms with van der Waals surface area (Å²) in [6, 6.07) is 17.4. The van der Waals surface area contributed by atoms with Crippen molar-refractivity contribution in [3.8, 4) is 0 Å². The number of hydrogen-bond acceptors (Lipinski definition) is 6. The van der Waals surface area contributed by atoms with Crippen molar-refractivity contribution in [3.63, 3.8) is 0 Å². The first-order chi connectivity index (χ1) is 19.0. The van der Waals surface area contributed by atoms with Gasteiger partial charge >= 0.3 is 0 Å². The zero-order chi connectivity index (χ0) is 26.9. The van der Waals surface area contributed by atoms with Crippen LogP contribution >= 0.6 is 11.6 Å². The smallest absolute Gasteiger partial charge is 0.253 e. The Kier molecular flexibility index (Phi) is 7.06. The molecule has 1 saturated carbocycles. The van der Waals surface area contributed by atoms with E-state index in [4.69, 9.17) is 16.0 Å². The molecule has 8 nitrogen and oxygen atoms in total. The molecular formula is C30H31ClN6O2. The number of nitrogens with zero attached hydrogens (tertiary/aromatic N) is 5. The fraction of sp³-hybridized carbons (Fsp3) is 0.333. The highest BCUT2D eigenvalue weighted by atomic mass is 35.5. The largest absolute Gasteiger partial charge is 0.468 e. The average molecular weight is 543 g/mol. The number of tetrazole rings is 1. The van der Waals surface area contributed by atoms with Crippen LogP contribution in [0.4, 0.5) is 0 Å². The number of rotatable bonds is 8. The molecule has 0 bridgehead atoms. The Hall–Kier alpha value is -3.75. The molecule has 0 unspecified atom stereocenters. The molecule has 3 aromatic heterocycles. The number of furan rings is 1. The Morgan fingerprint density at radius 1 is 1.10 bits per heavy atom. The van der Waals surface area contributed by atoms with Gasteiger partial charge in [-0.1, -0.05) is 54.3 Å². The third kappa shape index (κ3) is 5.14. The van der Waals surface area contributed by atoms with E-state index in [1.54, 1.807) is 6.26 Å². The molecule has 2 aromatic carbocycles. The number of hydrogen-bond donors (Lipinski definition) is 1. The normalized spacial score (nSPS) is 15.0. The molecule has 0 spiro atoms. The molecule has 3 heterocycles. The van der Waals surface area contributed by atoms with Crippen molar-refractivity contribution in [2.24, 2.45) is 0 Å². The molecule has 1 aliphatic rings. The summed E-state index contributed by atoms with van der Waals surface area (Å²) < 4.78 is 7.71. The molecule has 39 heavy (non-hydrogen) atoms. The Morgan fingerprint density at radius 3 is 2.69 bits per heavy atom. The van der Waals surface area contributed by atoms with Gasteiger partial charge in [0.1, 0.15) is 11.8 Å². The lowest BCUT2D eigenvalue weighted by Gasteiger charge is -2.31. The van der Waals surface area contributed by atoms with E-state index >= 15 is 0 Å². The Labute approximate surface area is 231 Å². The Bertz CT molecular complexity index is 1650. The number of fused-ring (bicyclic) bond motifs is 1. The predicted molar refractivity (Wildman–Crippen MR) is 151 cm³/mol. The summed E-state index contributed by atoms with van der Waals surface area (Å²) in [6.45, 7) is 4.98. The van der Waals surface area contributed by atoms with E-state index in [2.05, 4.69) is 44.5 Å². The molecule has 1 atom stereocenters. The summed E-state index contributed by atoms with van der Waals surface area (Å²) >= 11 is 6.64. The van der Waals surface area contributed by atoms with Crippen LogP contribution in [0.15, 0.2) is 70.1 Å². The topological polar surface area (TPSA) is 92.8 Å². The van der Waals surface area contributed by atoms with Crippen molar-refractivity contribution in [1.82, 2.24) is 30.1 Å². The van der Waals surface area contributed by atoms with Crippen LogP contribution in [0.25, 0.3) is 10.9 Å². The summed E-state index contributed by atoms with van der Waals surface area (Å²) in [4.78, 5) is 19.2. The molecule has 9 heteroatoms. The minimum Gasteiger partial charge on any atom is -0.468 e. The molecular weight excluding hydrogens is 512 g/mol. The maximum Gasteiger partial charge on any atom is 0.253 e. The van der Waals surface area contributed by atoms with E-state index in [1.165, 1.54) is 0 Å². The number of H-pyrrole nitrogens is 1. The number of aryl methyl sites for hydroxylation is 2. The standard InChI is InChI=1S/C30H31ClN6O2/c1-19-14-20(2)27-22(15-19)16-25(30(38)32-27)28(29-33-34-35-37(29)23-9-4-5-10-23)36(18-24-11-7-13-39-24)17-21-8-3-6-12-26(21)31/h3,6-8,11-16,23,28H,4-5,9-10,17-18H2,1-2H3,(H,32,38)/t28-/m0/s1. The van der Waals surface area contributed by atoms with Crippen molar-refractivity contribution >= 4 is 22.5 Å². The van der Waals surface area contributed by atoms with Crippen LogP contribution in [0.5, 0.6) is 0 Å². The second-order valence-electron chi connectivity index (χ2n) is 10.5. The molecule has 5 aromatic rings. The molecule has 1 fully saturated rings. The van der Waals surface area contributed by atoms with Gasteiger partial charge in [0.2, 0.25) is 0 Å². The third-order valence-corrected chi connectivity index (χ3v) is 8.05. The monoisotopic (exact) mass is 542 g/mol. The Balaban J connectivity index is 1.56. The maximum atomic E-state index is 13.9. The summed E-state index contributed by atoms with van der Waals surface area (Å²) in [5.74, 6) is 1.42. The lowest BCUT2D eigenvalue weighted by molar-refractivity contribution is 0.176. The molecule has 1 aliphatic carbocycles. The van der Waals surface area contributed by atoms with E-state index in [1.807, 2.05) is 54.1 Å². The van der Waals surface area contributed by atoms with Crippen molar-refractivity contribution < 1.29 is 4.42 Å². The van der Waals surface area contributed by atoms with Gasteiger partial charge in [0, 0.05) is 17.1 Å². The third-order valence-electron chi connectivity index (χ3n) is 7.69. The summed E-state index contributed by atoms with van der Waals surface area (Å²) in [6.07, 6.45) is 5.97. The van der Waals surface area contributed by atoms with Crippen molar-refractivity contribution in [1.29, 1.82) is 0 Å². The fourth-order valence-corrected chi connectivity index (χ4v) is 6.08. The second kappa shape index (κ2) is 10.8. The maximum absolute atomic E-state index is 13.9. The van der Waals surface area contributed by atoms with Gasteiger partial charge < -0.3 is 9.40 Å². The van der Waals surface area contributed by atoms with Crippen LogP contribution in [0.3, 0.4) is 0 Å². The SMILES string of the molecule is Cc1cc(C)c2[nH]c(=O)c([C@@H](c3nnnn3C3CCCC3)N(Cc3ccco3)Cc3ccccc3Cl)cc2c1. The molecule has 0 amide bonds. The van der Waals surface area contributed by atoms with E-state index < -0.39 is 6.04 Å². The van der Waals surface area contributed by atoms with E-state index in [9.17, 15) is 4.79 Å². The number of halogens is 1. The van der Waals surface area contributed by atoms with Crippen LogP contribution in [0.1, 0.15) is 71.6 Å². The molecule has 0 aliphatic heterocycles. The molecule has 0 radical (unpaired) electrons. The highest BCUT2D eigenvalue weighted by Crippen LogP contribution is 2.36. The summed E-state index contributed by atoms with van der Waals surface area (Å²) in [5, 5.41) is 14.7. The molecule has 200 valence electrons. The fourth-order valence-electron chi connectivity index (χ4n) is 5.88. The van der Waals surface area contributed by atoms with E-state index in [0.29, 0.717) is 29.5 Å². The highest BCUT2D eigenvalue weighted by molar-refractivity contribution is 6.31. The van der Waals surface area contributed by atoms with Gasteiger partial charge in [-0.2, -0.15) is 0 Å². The van der Waals surface area contributed by atoms with Gasteiger partial charge in [-0.3, -0.25) is 9.69 Å². The first kappa shape index (κ1) is 25.5. The number of aromatic nitrogens is 5. The van der Waals surface area contributed by atoms with Gasteiger partial charge in [-0.15, -0.1) is 5.10 Å². The summed E-state index contributed by atoms with van der Waals surface area (Å²) in [5.41, 5.74) is 4.37. The highest BCUT2D eigenvalue weighted by Gasteiger charge is 2.34. The van der Waals surface area contributed by atoms with Gasteiger partial charge in [-0.25, -0.2) is 4.68 Å². The number of nitrogens with one attached hydrogen (secondary N) is 1. The number of aromatic amines is 1. The van der Waals surface area contributed by atoms with Gasteiger partial charge in [-0.05, 0) is 84.0 Å². The van der Waals surface area contributed by atoms with Crippen LogP contribution < -0.4 is 5.56 Å². The zero-order valence-electron chi connectivity index (χ0n) is 22.1. The molecule has 0 saturated heterocycles. The van der Waals surface area contributed by atoms with E-state index in [-0.39, 0.29) is 11.6 Å². The second-order valence-corrected chi connectivity index (χ2v) is 10.9. The van der Waals surface area contributed by atoms with Gasteiger partial charge in [0.15, 0.2) is 5.82 Å². The van der Waals surface area contributed by atoms with Crippen LogP contribution in [-0.4, -0.2) is 30.1 Å². The molecule has 6 rings (SSSR count). The van der Waals surface area contributed by atoms with Crippen LogP contribution in [-0.2, 0) is 13.1 Å². The van der Waals surface area contributed by atoms with Crippen molar-refractivity contribution in [3.05, 3.63) is 110 Å². The van der Waals surface area contributed by atoms with Gasteiger partial charge in [0.25, 0.3) is 5.56 Å². The minimum atomic E-state index is -0.545. The first-order valence-electron chi connectivity index (χ1n) is 13.4. The lowest BCUT2D eigenvalue weighted by Crippen LogP contribution is -2.35. The van der Waals surface area contributed by atoms with Gasteiger partial charge in [0.05, 0.1) is 24.4 Å². The number of pyridine rings is 1. The van der Waals surface area contributed by atoms with E-state index in [0.717, 1.165) is 59.0 Å². The lowest BCUT2D eigenvalue weighted by atomic mass is 9.99.